The van der Waals surface area contributed by atoms with Crippen LogP contribution in [0, 0.1) is 20.8 Å². The van der Waals surface area contributed by atoms with Gasteiger partial charge >= 0.3 is 0 Å². The number of imide groups is 1. The molecule has 1 aliphatic rings. The summed E-state index contributed by atoms with van der Waals surface area (Å²) in [6, 6.07) is 17.8. The maximum atomic E-state index is 13.5. The third kappa shape index (κ3) is 3.85. The van der Waals surface area contributed by atoms with Crippen LogP contribution < -0.4 is 10.2 Å². The highest BCUT2D eigenvalue weighted by atomic mass is 35.5. The third-order valence-corrected chi connectivity index (χ3v) is 6.15. The summed E-state index contributed by atoms with van der Waals surface area (Å²) in [4.78, 5) is 28.2. The molecule has 3 aromatic carbocycles. The van der Waals surface area contributed by atoms with Crippen molar-refractivity contribution >= 4 is 52.0 Å². The average Bonchev–Trinajstić information content (AvgIpc) is 2.98. The predicted octanol–water partition coefficient (Wildman–Crippen LogP) is 6.32. The van der Waals surface area contributed by atoms with Crippen molar-refractivity contribution in [2.75, 3.05) is 10.2 Å². The fraction of sp³-hybridized carbons (Fsp3) is 0.120. The second kappa shape index (κ2) is 8.22. The highest BCUT2D eigenvalue weighted by Crippen LogP contribution is 2.36. The molecular formula is C25H20Cl2N2O2. The fourth-order valence-corrected chi connectivity index (χ4v) is 3.81. The van der Waals surface area contributed by atoms with Crippen molar-refractivity contribution in [3.63, 3.8) is 0 Å². The Labute approximate surface area is 191 Å². The SMILES string of the molecule is Cc1ccc(N2C(=O)C(Nc3cccc(Cl)c3C)=C(c3ccc(Cl)cc3)C2=O)cc1C. The van der Waals surface area contributed by atoms with Crippen molar-refractivity contribution < 1.29 is 9.59 Å². The molecule has 3 aromatic rings. The molecule has 0 aromatic heterocycles. The minimum Gasteiger partial charge on any atom is -0.350 e. The number of rotatable bonds is 4. The molecule has 0 saturated carbocycles. The smallest absolute Gasteiger partial charge is 0.282 e. The Hall–Kier alpha value is -3.08. The Kier molecular flexibility index (Phi) is 5.61. The summed E-state index contributed by atoms with van der Waals surface area (Å²) in [7, 11) is 0. The quantitative estimate of drug-likeness (QED) is 0.473. The van der Waals surface area contributed by atoms with E-state index in [-0.39, 0.29) is 5.70 Å². The lowest BCUT2D eigenvalue weighted by atomic mass is 10.0. The number of benzene rings is 3. The van der Waals surface area contributed by atoms with Gasteiger partial charge in [-0.25, -0.2) is 4.90 Å². The van der Waals surface area contributed by atoms with Crippen LogP contribution in [0.15, 0.2) is 66.4 Å². The Bertz CT molecular complexity index is 1250. The summed E-state index contributed by atoms with van der Waals surface area (Å²) in [5, 5.41) is 4.29. The van der Waals surface area contributed by atoms with Gasteiger partial charge in [-0.3, -0.25) is 9.59 Å². The number of hydrogen-bond acceptors (Lipinski definition) is 3. The van der Waals surface area contributed by atoms with Gasteiger partial charge in [0.2, 0.25) is 0 Å². The molecule has 31 heavy (non-hydrogen) atoms. The van der Waals surface area contributed by atoms with E-state index in [9.17, 15) is 9.59 Å². The first-order valence-electron chi connectivity index (χ1n) is 9.76. The first-order chi connectivity index (χ1) is 14.8. The highest BCUT2D eigenvalue weighted by Gasteiger charge is 2.40. The van der Waals surface area contributed by atoms with Gasteiger partial charge in [-0.1, -0.05) is 47.5 Å². The maximum absolute atomic E-state index is 13.5. The van der Waals surface area contributed by atoms with Crippen molar-refractivity contribution in [2.24, 2.45) is 0 Å². The lowest BCUT2D eigenvalue weighted by Gasteiger charge is -2.17. The largest absolute Gasteiger partial charge is 0.350 e. The van der Waals surface area contributed by atoms with Gasteiger partial charge in [0.1, 0.15) is 5.70 Å². The predicted molar refractivity (Wildman–Crippen MR) is 127 cm³/mol. The molecule has 1 N–H and O–H groups in total. The van der Waals surface area contributed by atoms with Gasteiger partial charge in [-0.2, -0.15) is 0 Å². The van der Waals surface area contributed by atoms with Crippen LogP contribution in [0.4, 0.5) is 11.4 Å². The van der Waals surface area contributed by atoms with Crippen LogP contribution in [0.5, 0.6) is 0 Å². The van der Waals surface area contributed by atoms with Gasteiger partial charge in [0.15, 0.2) is 0 Å². The molecule has 1 heterocycles. The lowest BCUT2D eigenvalue weighted by Crippen LogP contribution is -2.32. The highest BCUT2D eigenvalue weighted by molar-refractivity contribution is 6.46. The zero-order valence-corrected chi connectivity index (χ0v) is 18.8. The summed E-state index contributed by atoms with van der Waals surface area (Å²) >= 11 is 12.3. The van der Waals surface area contributed by atoms with Crippen molar-refractivity contribution in [2.45, 2.75) is 20.8 Å². The molecule has 4 nitrogen and oxygen atoms in total. The molecule has 0 unspecified atom stereocenters. The second-order valence-electron chi connectivity index (χ2n) is 7.51. The number of carbonyl (C=O) groups is 2. The second-order valence-corrected chi connectivity index (χ2v) is 8.35. The molecule has 0 radical (unpaired) electrons. The van der Waals surface area contributed by atoms with E-state index in [0.717, 1.165) is 16.7 Å². The minimum atomic E-state index is -0.419. The zero-order valence-electron chi connectivity index (χ0n) is 17.3. The molecule has 6 heteroatoms. The number of aryl methyl sites for hydroxylation is 2. The van der Waals surface area contributed by atoms with E-state index in [1.54, 1.807) is 42.5 Å². The van der Waals surface area contributed by atoms with Crippen LogP contribution in [-0.4, -0.2) is 11.8 Å². The number of amides is 2. The van der Waals surface area contributed by atoms with E-state index >= 15 is 0 Å². The molecule has 0 fully saturated rings. The van der Waals surface area contributed by atoms with Gasteiger partial charge in [0, 0.05) is 15.7 Å². The molecule has 2 amide bonds. The lowest BCUT2D eigenvalue weighted by molar-refractivity contribution is -0.120. The van der Waals surface area contributed by atoms with Gasteiger partial charge in [-0.05, 0) is 79.4 Å². The molecule has 0 atom stereocenters. The van der Waals surface area contributed by atoms with Gasteiger partial charge < -0.3 is 5.32 Å². The van der Waals surface area contributed by atoms with Crippen LogP contribution in [0.3, 0.4) is 0 Å². The first kappa shape index (κ1) is 21.2. The van der Waals surface area contributed by atoms with E-state index in [1.165, 1.54) is 4.90 Å². The molecule has 4 rings (SSSR count). The van der Waals surface area contributed by atoms with Gasteiger partial charge in [0.25, 0.3) is 11.8 Å². The normalized spacial score (nSPS) is 13.9. The van der Waals surface area contributed by atoms with E-state index in [2.05, 4.69) is 5.32 Å². The van der Waals surface area contributed by atoms with E-state index in [1.807, 2.05) is 39.0 Å². The molecule has 156 valence electrons. The summed E-state index contributed by atoms with van der Waals surface area (Å²) in [5.74, 6) is -0.810. The Morgan fingerprint density at radius 2 is 1.52 bits per heavy atom. The van der Waals surface area contributed by atoms with Gasteiger partial charge in [0.05, 0.1) is 11.3 Å². The van der Waals surface area contributed by atoms with Crippen LogP contribution in [-0.2, 0) is 9.59 Å². The van der Waals surface area contributed by atoms with Crippen molar-refractivity contribution in [3.8, 4) is 0 Å². The first-order valence-corrected chi connectivity index (χ1v) is 10.5. The molecule has 1 aliphatic heterocycles. The van der Waals surface area contributed by atoms with E-state index in [0.29, 0.717) is 32.6 Å². The Morgan fingerprint density at radius 1 is 0.806 bits per heavy atom. The van der Waals surface area contributed by atoms with Crippen LogP contribution in [0.2, 0.25) is 10.0 Å². The fourth-order valence-electron chi connectivity index (χ4n) is 3.51. The number of carbonyl (C=O) groups excluding carboxylic acids is 2. The Balaban J connectivity index is 1.85. The molecular weight excluding hydrogens is 431 g/mol. The minimum absolute atomic E-state index is 0.205. The third-order valence-electron chi connectivity index (χ3n) is 5.49. The average molecular weight is 451 g/mol. The molecule has 0 bridgehead atoms. The Morgan fingerprint density at radius 3 is 2.19 bits per heavy atom. The van der Waals surface area contributed by atoms with E-state index < -0.39 is 11.8 Å². The van der Waals surface area contributed by atoms with Crippen molar-refractivity contribution in [3.05, 3.63) is 98.7 Å². The standard InChI is InChI=1S/C25H20Cl2N2O2/c1-14-7-12-19(13-15(14)2)29-24(30)22(17-8-10-18(26)11-9-17)23(25(29)31)28-21-6-4-5-20(27)16(21)3/h4-13,28H,1-3H3. The maximum Gasteiger partial charge on any atom is 0.282 e. The van der Waals surface area contributed by atoms with Crippen LogP contribution in [0.25, 0.3) is 5.57 Å². The number of hydrogen-bond donors (Lipinski definition) is 1. The van der Waals surface area contributed by atoms with E-state index in [4.69, 9.17) is 23.2 Å². The van der Waals surface area contributed by atoms with Crippen LogP contribution in [0.1, 0.15) is 22.3 Å². The summed E-state index contributed by atoms with van der Waals surface area (Å²) in [5.41, 5.74) is 5.17. The number of nitrogens with zero attached hydrogens (tertiary/aromatic N) is 1. The zero-order chi connectivity index (χ0) is 22.3. The van der Waals surface area contributed by atoms with Crippen molar-refractivity contribution in [1.29, 1.82) is 0 Å². The number of halogens is 2. The summed E-state index contributed by atoms with van der Waals surface area (Å²) in [6.07, 6.45) is 0. The molecule has 0 aliphatic carbocycles. The monoisotopic (exact) mass is 450 g/mol. The molecule has 0 saturated heterocycles. The summed E-state index contributed by atoms with van der Waals surface area (Å²) < 4.78 is 0. The van der Waals surface area contributed by atoms with Crippen molar-refractivity contribution in [1.82, 2.24) is 0 Å². The van der Waals surface area contributed by atoms with Crippen LogP contribution >= 0.6 is 23.2 Å². The van der Waals surface area contributed by atoms with Gasteiger partial charge in [-0.15, -0.1) is 0 Å². The topological polar surface area (TPSA) is 49.4 Å². The summed E-state index contributed by atoms with van der Waals surface area (Å²) in [6.45, 7) is 5.79. The number of nitrogens with one attached hydrogen (secondary N) is 1. The number of anilines is 2. The molecule has 0 spiro atoms.